The fourth-order valence-corrected chi connectivity index (χ4v) is 3.10. The maximum atomic E-state index is 11.7. The van der Waals surface area contributed by atoms with Crippen LogP contribution in [0.1, 0.15) is 19.4 Å². The van der Waals surface area contributed by atoms with Crippen molar-refractivity contribution >= 4 is 34.3 Å². The fraction of sp³-hybridized carbons (Fsp3) is 0.467. The van der Waals surface area contributed by atoms with Gasteiger partial charge in [-0.1, -0.05) is 37.0 Å². The molecule has 0 radical (unpaired) electrons. The zero-order chi connectivity index (χ0) is 16.8. The molecule has 0 unspecified atom stereocenters. The molecule has 0 amide bonds. The summed E-state index contributed by atoms with van der Waals surface area (Å²) in [5, 5.41) is 12.5. The summed E-state index contributed by atoms with van der Waals surface area (Å²) in [6, 6.07) is 5.35. The van der Waals surface area contributed by atoms with Crippen LogP contribution in [-0.4, -0.2) is 40.9 Å². The van der Waals surface area contributed by atoms with Crippen LogP contribution in [0.5, 0.6) is 11.5 Å². The molecule has 1 atom stereocenters. The number of hydrogen-bond donors (Lipinski definition) is 2. The van der Waals surface area contributed by atoms with Gasteiger partial charge in [0, 0.05) is 6.42 Å². The van der Waals surface area contributed by atoms with Crippen LogP contribution in [-0.2, 0) is 11.2 Å². The van der Waals surface area contributed by atoms with Crippen molar-refractivity contribution in [1.82, 2.24) is 5.32 Å². The van der Waals surface area contributed by atoms with Crippen molar-refractivity contribution in [3.05, 3.63) is 23.8 Å². The number of benzene rings is 1. The lowest BCUT2D eigenvalue weighted by Gasteiger charge is -2.27. The maximum absolute atomic E-state index is 11.7. The first kappa shape index (κ1) is 18.6. The molecule has 0 heterocycles. The highest BCUT2D eigenvalue weighted by atomic mass is 32.2. The first-order valence-corrected chi connectivity index (χ1v) is 8.15. The van der Waals surface area contributed by atoms with Crippen LogP contribution in [0.4, 0.5) is 0 Å². The first-order chi connectivity index (χ1) is 10.4. The number of nitrogens with one attached hydrogen (secondary N) is 1. The summed E-state index contributed by atoms with van der Waals surface area (Å²) < 4.78 is 10.9. The molecule has 0 saturated carbocycles. The molecule has 1 rings (SSSR count). The van der Waals surface area contributed by atoms with E-state index in [1.54, 1.807) is 33.3 Å². The molecule has 5 nitrogen and oxygen atoms in total. The molecule has 0 spiro atoms. The van der Waals surface area contributed by atoms with E-state index in [1.165, 1.54) is 11.8 Å². The molecule has 122 valence electrons. The van der Waals surface area contributed by atoms with Gasteiger partial charge in [-0.3, -0.25) is 0 Å². The lowest BCUT2D eigenvalue weighted by atomic mass is 9.93. The Kier molecular flexibility index (Phi) is 6.96. The third kappa shape index (κ3) is 4.78. The minimum Gasteiger partial charge on any atom is -0.493 e. The summed E-state index contributed by atoms with van der Waals surface area (Å²) in [5.41, 5.74) is -0.363. The van der Waals surface area contributed by atoms with Crippen LogP contribution in [0.15, 0.2) is 18.2 Å². The molecule has 0 aliphatic carbocycles. The topological polar surface area (TPSA) is 67.8 Å². The van der Waals surface area contributed by atoms with Crippen LogP contribution in [0.3, 0.4) is 0 Å². The van der Waals surface area contributed by atoms with Crippen molar-refractivity contribution < 1.29 is 19.4 Å². The minimum atomic E-state index is -1.18. The van der Waals surface area contributed by atoms with Gasteiger partial charge in [0.15, 0.2) is 11.5 Å². The lowest BCUT2D eigenvalue weighted by Crippen LogP contribution is -2.52. The van der Waals surface area contributed by atoms with E-state index in [9.17, 15) is 9.90 Å². The molecule has 1 aromatic rings. The molecule has 1 aromatic carbocycles. The number of rotatable bonds is 7. The standard InChI is InChI=1S/C15H21NO4S2/c1-5-22-14(21)16-15(2,13(17)18)9-10-6-7-11(19-3)12(8-10)20-4/h6-8H,5,9H2,1-4H3,(H,16,21)(H,17,18)/t15-/m0/s1. The third-order valence-electron chi connectivity index (χ3n) is 3.13. The van der Waals surface area contributed by atoms with Crippen LogP contribution in [0, 0.1) is 0 Å². The average Bonchev–Trinajstić information content (AvgIpc) is 2.46. The van der Waals surface area contributed by atoms with Gasteiger partial charge in [0.05, 0.1) is 14.2 Å². The predicted molar refractivity (Wildman–Crippen MR) is 93.2 cm³/mol. The maximum Gasteiger partial charge on any atom is 0.329 e. The van der Waals surface area contributed by atoms with Crippen LogP contribution < -0.4 is 14.8 Å². The van der Waals surface area contributed by atoms with Crippen LogP contribution in [0.25, 0.3) is 0 Å². The van der Waals surface area contributed by atoms with E-state index in [2.05, 4.69) is 5.32 Å². The van der Waals surface area contributed by atoms with Crippen molar-refractivity contribution in [3.8, 4) is 11.5 Å². The molecule has 7 heteroatoms. The molecule has 0 bridgehead atoms. The number of thiocarbonyl (C=S) groups is 1. The predicted octanol–water partition coefficient (Wildman–Crippen LogP) is 2.72. The monoisotopic (exact) mass is 343 g/mol. The summed E-state index contributed by atoms with van der Waals surface area (Å²) in [6.45, 7) is 3.58. The van der Waals surface area contributed by atoms with Crippen molar-refractivity contribution in [1.29, 1.82) is 0 Å². The summed E-state index contributed by atoms with van der Waals surface area (Å²) in [4.78, 5) is 11.7. The van der Waals surface area contributed by atoms with E-state index in [4.69, 9.17) is 21.7 Å². The Morgan fingerprint density at radius 2 is 2.00 bits per heavy atom. The van der Waals surface area contributed by atoms with Gasteiger partial charge in [0.2, 0.25) is 0 Å². The lowest BCUT2D eigenvalue weighted by molar-refractivity contribution is -0.143. The van der Waals surface area contributed by atoms with Gasteiger partial charge in [0.25, 0.3) is 0 Å². The van der Waals surface area contributed by atoms with Gasteiger partial charge in [-0.15, -0.1) is 0 Å². The Labute approximate surface area is 140 Å². The Morgan fingerprint density at radius 3 is 2.50 bits per heavy atom. The number of carboxylic acid groups (broad SMARTS) is 1. The summed E-state index contributed by atoms with van der Waals surface area (Å²) in [5.74, 6) is 1.01. The van der Waals surface area contributed by atoms with Gasteiger partial charge in [-0.05, 0) is 30.4 Å². The summed E-state index contributed by atoms with van der Waals surface area (Å²) >= 11 is 6.58. The quantitative estimate of drug-likeness (QED) is 0.738. The largest absolute Gasteiger partial charge is 0.493 e. The zero-order valence-corrected chi connectivity index (χ0v) is 14.8. The highest BCUT2D eigenvalue weighted by Gasteiger charge is 2.34. The van der Waals surface area contributed by atoms with E-state index in [-0.39, 0.29) is 6.42 Å². The second-order valence-corrected chi connectivity index (χ2v) is 6.79. The van der Waals surface area contributed by atoms with Gasteiger partial charge in [0.1, 0.15) is 9.86 Å². The van der Waals surface area contributed by atoms with Crippen LogP contribution >= 0.6 is 24.0 Å². The summed E-state index contributed by atoms with van der Waals surface area (Å²) in [7, 11) is 3.10. The molecule has 0 fully saturated rings. The Balaban J connectivity index is 3.00. The van der Waals surface area contributed by atoms with Gasteiger partial charge in [-0.25, -0.2) is 4.79 Å². The second kappa shape index (κ2) is 8.24. The minimum absolute atomic E-state index is 0.271. The zero-order valence-electron chi connectivity index (χ0n) is 13.1. The number of aliphatic carboxylic acids is 1. The molecule has 0 aromatic heterocycles. The van der Waals surface area contributed by atoms with Crippen LogP contribution in [0.2, 0.25) is 0 Å². The van der Waals surface area contributed by atoms with Crippen molar-refractivity contribution in [2.45, 2.75) is 25.8 Å². The highest BCUT2D eigenvalue weighted by molar-refractivity contribution is 8.22. The van der Waals surface area contributed by atoms with E-state index in [0.717, 1.165) is 11.3 Å². The number of hydrogen-bond acceptors (Lipinski definition) is 5. The summed E-state index contributed by atoms with van der Waals surface area (Å²) in [6.07, 6.45) is 0.271. The highest BCUT2D eigenvalue weighted by Crippen LogP contribution is 2.29. The van der Waals surface area contributed by atoms with E-state index >= 15 is 0 Å². The first-order valence-electron chi connectivity index (χ1n) is 6.75. The normalized spacial score (nSPS) is 13.1. The molecule has 0 aliphatic heterocycles. The number of carboxylic acids is 1. The molecule has 2 N–H and O–H groups in total. The molecule has 22 heavy (non-hydrogen) atoms. The number of methoxy groups -OCH3 is 2. The van der Waals surface area contributed by atoms with Gasteiger partial charge < -0.3 is 19.9 Å². The number of ether oxygens (including phenoxy) is 2. The molecule has 0 saturated heterocycles. The average molecular weight is 343 g/mol. The fourth-order valence-electron chi connectivity index (χ4n) is 1.96. The third-order valence-corrected chi connectivity index (χ3v) is 4.24. The number of carbonyl (C=O) groups is 1. The molecular weight excluding hydrogens is 322 g/mol. The smallest absolute Gasteiger partial charge is 0.329 e. The van der Waals surface area contributed by atoms with E-state index in [0.29, 0.717) is 15.8 Å². The van der Waals surface area contributed by atoms with Crippen molar-refractivity contribution in [3.63, 3.8) is 0 Å². The Hall–Kier alpha value is -1.47. The van der Waals surface area contributed by atoms with Gasteiger partial charge >= 0.3 is 5.97 Å². The SMILES string of the molecule is CCSC(=S)N[C@@](C)(Cc1ccc(OC)c(OC)c1)C(=O)O. The van der Waals surface area contributed by atoms with Gasteiger partial charge in [-0.2, -0.15) is 0 Å². The molecular formula is C15H21NO4S2. The second-order valence-electron chi connectivity index (χ2n) is 4.85. The van der Waals surface area contributed by atoms with Crippen molar-refractivity contribution in [2.75, 3.05) is 20.0 Å². The molecule has 0 aliphatic rings. The number of thioether (sulfide) groups is 1. The van der Waals surface area contributed by atoms with E-state index in [1.807, 2.05) is 13.0 Å². The van der Waals surface area contributed by atoms with E-state index < -0.39 is 11.5 Å². The Bertz CT molecular complexity index is 550. The van der Waals surface area contributed by atoms with Crippen molar-refractivity contribution in [2.24, 2.45) is 0 Å². The Morgan fingerprint density at radius 1 is 1.36 bits per heavy atom.